The van der Waals surface area contributed by atoms with Crippen LogP contribution in [0.1, 0.15) is 5.56 Å². The number of nitrogens with zero attached hydrogens (tertiary/aromatic N) is 1. The quantitative estimate of drug-likeness (QED) is 0.361. The predicted molar refractivity (Wildman–Crippen MR) is 105 cm³/mol. The zero-order valence-corrected chi connectivity index (χ0v) is 16.3. The maximum Gasteiger partial charge on any atom is 0.387 e. The van der Waals surface area contributed by atoms with E-state index in [1.807, 2.05) is 0 Å². The number of nitrogens with one attached hydrogen (secondary N) is 1. The van der Waals surface area contributed by atoms with E-state index in [-0.39, 0.29) is 42.2 Å². The highest BCUT2D eigenvalue weighted by Crippen LogP contribution is 2.27. The lowest BCUT2D eigenvalue weighted by molar-refractivity contribution is -0.0498. The fourth-order valence-electron chi connectivity index (χ4n) is 1.93. The van der Waals surface area contributed by atoms with E-state index >= 15 is 0 Å². The van der Waals surface area contributed by atoms with Gasteiger partial charge >= 0.3 is 6.61 Å². The van der Waals surface area contributed by atoms with Crippen molar-refractivity contribution in [2.45, 2.75) is 13.2 Å². The van der Waals surface area contributed by atoms with Gasteiger partial charge in [0.1, 0.15) is 11.5 Å². The summed E-state index contributed by atoms with van der Waals surface area (Å²) in [7, 11) is 1.52. The minimum Gasteiger partial charge on any atom is -0.495 e. The number of nitrogens with two attached hydrogens (primary N) is 1. The number of aliphatic imine (C=N–C) groups is 1. The van der Waals surface area contributed by atoms with Crippen LogP contribution in [-0.4, -0.2) is 19.7 Å². The summed E-state index contributed by atoms with van der Waals surface area (Å²) in [6, 6.07) is 11.4. The summed E-state index contributed by atoms with van der Waals surface area (Å²) < 4.78 is 33.8. The molecule has 0 aromatic heterocycles. The highest BCUT2D eigenvalue weighted by Gasteiger charge is 2.05. The molecule has 0 unspecified atom stereocenters. The molecule has 0 heterocycles. The highest BCUT2D eigenvalue weighted by atomic mass is 127. The van der Waals surface area contributed by atoms with Gasteiger partial charge in [0, 0.05) is 5.69 Å². The number of methoxy groups -OCH3 is 1. The molecule has 136 valence electrons. The van der Waals surface area contributed by atoms with E-state index in [0.29, 0.717) is 22.0 Å². The predicted octanol–water partition coefficient (Wildman–Crippen LogP) is 4.49. The monoisotopic (exact) mass is 483 g/mol. The van der Waals surface area contributed by atoms with E-state index in [9.17, 15) is 8.78 Å². The third-order valence-corrected chi connectivity index (χ3v) is 3.28. The molecular formula is C16H17ClF2IN3O2. The lowest BCUT2D eigenvalue weighted by Crippen LogP contribution is -2.22. The smallest absolute Gasteiger partial charge is 0.387 e. The van der Waals surface area contributed by atoms with Crippen molar-refractivity contribution in [3.05, 3.63) is 53.1 Å². The number of halogens is 4. The van der Waals surface area contributed by atoms with Gasteiger partial charge in [0.15, 0.2) is 5.96 Å². The molecule has 0 aliphatic rings. The molecule has 2 aromatic rings. The number of anilines is 1. The summed E-state index contributed by atoms with van der Waals surface area (Å²) in [6.45, 7) is -2.65. The maximum atomic E-state index is 12.2. The molecule has 0 bridgehead atoms. The van der Waals surface area contributed by atoms with Gasteiger partial charge in [0.05, 0.1) is 18.7 Å². The average Bonchev–Trinajstić information content (AvgIpc) is 2.53. The number of hydrogen-bond acceptors (Lipinski definition) is 3. The Morgan fingerprint density at radius 3 is 2.68 bits per heavy atom. The topological polar surface area (TPSA) is 68.9 Å². The van der Waals surface area contributed by atoms with Gasteiger partial charge in [0.2, 0.25) is 0 Å². The molecule has 0 saturated carbocycles. The van der Waals surface area contributed by atoms with Crippen molar-refractivity contribution < 1.29 is 18.3 Å². The number of rotatable bonds is 6. The normalized spacial score (nSPS) is 11.0. The van der Waals surface area contributed by atoms with Crippen LogP contribution in [0.25, 0.3) is 0 Å². The second-order valence-electron chi connectivity index (χ2n) is 4.70. The van der Waals surface area contributed by atoms with Crippen LogP contribution in [0.2, 0.25) is 5.02 Å². The molecule has 0 amide bonds. The molecule has 5 nitrogen and oxygen atoms in total. The van der Waals surface area contributed by atoms with E-state index in [4.69, 9.17) is 22.1 Å². The molecule has 3 N–H and O–H groups in total. The van der Waals surface area contributed by atoms with Gasteiger partial charge in [-0.1, -0.05) is 23.7 Å². The van der Waals surface area contributed by atoms with Crippen molar-refractivity contribution in [2.75, 3.05) is 12.4 Å². The Labute approximate surface area is 166 Å². The first-order chi connectivity index (χ1) is 11.5. The number of alkyl halides is 2. The SMILES string of the molecule is COc1ccc(NC(N)=NCc2cccc(OC(F)F)c2)cc1Cl.I. The van der Waals surface area contributed by atoms with Crippen molar-refractivity contribution in [3.63, 3.8) is 0 Å². The molecule has 0 fully saturated rings. The number of benzene rings is 2. The molecule has 2 aromatic carbocycles. The van der Waals surface area contributed by atoms with E-state index < -0.39 is 6.61 Å². The summed E-state index contributed by atoms with van der Waals surface area (Å²) in [5.41, 5.74) is 7.14. The van der Waals surface area contributed by atoms with Gasteiger partial charge in [0.25, 0.3) is 0 Å². The van der Waals surface area contributed by atoms with Crippen molar-refractivity contribution in [2.24, 2.45) is 10.7 Å². The van der Waals surface area contributed by atoms with Gasteiger partial charge < -0.3 is 20.5 Å². The molecule has 2 rings (SSSR count). The lowest BCUT2D eigenvalue weighted by Gasteiger charge is -2.09. The van der Waals surface area contributed by atoms with E-state index in [1.54, 1.807) is 30.3 Å². The molecular weight excluding hydrogens is 467 g/mol. The van der Waals surface area contributed by atoms with E-state index in [2.05, 4.69) is 15.0 Å². The molecule has 9 heteroatoms. The van der Waals surface area contributed by atoms with Gasteiger partial charge in [-0.15, -0.1) is 24.0 Å². The summed E-state index contributed by atoms with van der Waals surface area (Å²) in [6.07, 6.45) is 0. The van der Waals surface area contributed by atoms with Gasteiger partial charge in [-0.05, 0) is 35.9 Å². The number of guanidine groups is 1. The summed E-state index contributed by atoms with van der Waals surface area (Å²) in [5.74, 6) is 0.788. The van der Waals surface area contributed by atoms with E-state index in [1.165, 1.54) is 19.2 Å². The number of ether oxygens (including phenoxy) is 2. The Kier molecular flexibility index (Phi) is 8.70. The zero-order valence-electron chi connectivity index (χ0n) is 13.2. The summed E-state index contributed by atoms with van der Waals surface area (Å²) in [4.78, 5) is 4.15. The fourth-order valence-corrected chi connectivity index (χ4v) is 2.19. The minimum atomic E-state index is -2.87. The first-order valence-corrected chi connectivity index (χ1v) is 7.30. The van der Waals surface area contributed by atoms with Gasteiger partial charge in [-0.25, -0.2) is 4.99 Å². The summed E-state index contributed by atoms with van der Waals surface area (Å²) >= 11 is 6.02. The third kappa shape index (κ3) is 6.91. The van der Waals surface area contributed by atoms with Crippen molar-refractivity contribution >= 4 is 47.2 Å². The van der Waals surface area contributed by atoms with E-state index in [0.717, 1.165) is 0 Å². The Hall–Kier alpha value is -1.81. The molecule has 0 aliphatic carbocycles. The van der Waals surface area contributed by atoms with Crippen LogP contribution in [0.15, 0.2) is 47.5 Å². The molecule has 0 atom stereocenters. The third-order valence-electron chi connectivity index (χ3n) is 2.98. The Bertz CT molecular complexity index is 732. The Morgan fingerprint density at radius 2 is 2.04 bits per heavy atom. The van der Waals surface area contributed by atoms with Crippen molar-refractivity contribution in [1.29, 1.82) is 0 Å². The van der Waals surface area contributed by atoms with Crippen LogP contribution in [0.5, 0.6) is 11.5 Å². The van der Waals surface area contributed by atoms with Crippen molar-refractivity contribution in [3.8, 4) is 11.5 Å². The highest BCUT2D eigenvalue weighted by molar-refractivity contribution is 14.0. The zero-order chi connectivity index (χ0) is 17.5. The molecule has 0 aliphatic heterocycles. The second-order valence-corrected chi connectivity index (χ2v) is 5.11. The maximum absolute atomic E-state index is 12.2. The van der Waals surface area contributed by atoms with Crippen molar-refractivity contribution in [1.82, 2.24) is 0 Å². The van der Waals surface area contributed by atoms with Gasteiger partial charge in [-0.2, -0.15) is 8.78 Å². The van der Waals surface area contributed by atoms with Crippen LogP contribution in [-0.2, 0) is 6.54 Å². The van der Waals surface area contributed by atoms with Crippen LogP contribution < -0.4 is 20.5 Å². The van der Waals surface area contributed by atoms with Gasteiger partial charge in [-0.3, -0.25) is 0 Å². The largest absolute Gasteiger partial charge is 0.495 e. The van der Waals surface area contributed by atoms with Crippen LogP contribution in [0.3, 0.4) is 0 Å². The molecule has 25 heavy (non-hydrogen) atoms. The minimum absolute atomic E-state index is 0. The second kappa shape index (κ2) is 10.2. The van der Waals surface area contributed by atoms with Crippen LogP contribution in [0.4, 0.5) is 14.5 Å². The summed E-state index contributed by atoms with van der Waals surface area (Å²) in [5, 5.41) is 3.32. The Morgan fingerprint density at radius 1 is 1.28 bits per heavy atom. The molecule has 0 spiro atoms. The first kappa shape index (κ1) is 21.2. The fraction of sp³-hybridized carbons (Fsp3) is 0.188. The molecule has 0 saturated heterocycles. The Balaban J connectivity index is 0.00000312. The first-order valence-electron chi connectivity index (χ1n) is 6.92. The van der Waals surface area contributed by atoms with Crippen LogP contribution >= 0.6 is 35.6 Å². The standard InChI is InChI=1S/C16H16ClF2N3O2.HI/c1-23-14-6-5-11(8-13(14)17)22-16(20)21-9-10-3-2-4-12(7-10)24-15(18)19;/h2-8,15H,9H2,1H3,(H3,20,21,22);1H. The van der Waals surface area contributed by atoms with Crippen LogP contribution in [0, 0.1) is 0 Å². The number of hydrogen-bond donors (Lipinski definition) is 2. The average molecular weight is 484 g/mol. The lowest BCUT2D eigenvalue weighted by atomic mass is 10.2. The molecule has 0 radical (unpaired) electrons.